The number of thiazole rings is 1. The van der Waals surface area contributed by atoms with E-state index in [1.807, 2.05) is 11.9 Å². The van der Waals surface area contributed by atoms with Crippen LogP contribution in [0.4, 0.5) is 33.6 Å². The lowest BCUT2D eigenvalue weighted by atomic mass is 9.97. The van der Waals surface area contributed by atoms with Gasteiger partial charge in [-0.15, -0.1) is 11.3 Å². The number of hydrogen-bond donors (Lipinski definition) is 2. The third kappa shape index (κ3) is 6.32. The van der Waals surface area contributed by atoms with Crippen molar-refractivity contribution < 1.29 is 31.5 Å². The number of likely N-dealkylation sites (N-methyl/N-ethyl adjacent to an activating group) is 1. The van der Waals surface area contributed by atoms with Crippen LogP contribution in [0.15, 0.2) is 29.5 Å². The average Bonchev–Trinajstić information content (AvgIpc) is 3.85. The van der Waals surface area contributed by atoms with Crippen LogP contribution in [0.25, 0.3) is 28.2 Å². The number of carbonyl (C=O) groups is 1. The third-order valence-corrected chi connectivity index (χ3v) is 10.8. The monoisotopic (exact) mass is 734 g/mol. The molecular weight excluding hydrogens is 703 g/mol. The number of likely N-dealkylation sites (tertiary alicyclic amines) is 1. The van der Waals surface area contributed by atoms with Crippen molar-refractivity contribution in [2.75, 3.05) is 37.4 Å². The summed E-state index contributed by atoms with van der Waals surface area (Å²) in [4.78, 5) is 33.9. The number of rotatable bonds is 8. The van der Waals surface area contributed by atoms with Crippen molar-refractivity contribution in [3.63, 3.8) is 0 Å². The van der Waals surface area contributed by atoms with Crippen LogP contribution >= 0.6 is 22.9 Å². The van der Waals surface area contributed by atoms with Crippen molar-refractivity contribution in [1.82, 2.24) is 30.2 Å². The number of aromatic nitrogens is 4. The lowest BCUT2D eigenvalue weighted by molar-refractivity contribution is -0.137. The van der Waals surface area contributed by atoms with E-state index in [2.05, 4.69) is 30.2 Å². The summed E-state index contributed by atoms with van der Waals surface area (Å²) in [5.74, 6) is -3.04. The van der Waals surface area contributed by atoms with E-state index in [0.29, 0.717) is 24.3 Å². The van der Waals surface area contributed by atoms with E-state index in [9.17, 15) is 22.4 Å². The zero-order valence-corrected chi connectivity index (χ0v) is 28.5. The maximum Gasteiger partial charge on any atom is 0.418 e. The van der Waals surface area contributed by atoms with Crippen LogP contribution in [0.1, 0.15) is 48.2 Å². The van der Waals surface area contributed by atoms with E-state index in [1.54, 1.807) is 5.38 Å². The molecule has 264 valence electrons. The molecule has 1 saturated carbocycles. The number of carbonyl (C=O) groups excluding carboxylic acids is 1. The molecule has 2 saturated heterocycles. The van der Waals surface area contributed by atoms with Gasteiger partial charge in [0.25, 0.3) is 5.91 Å². The molecule has 4 aromatic rings. The summed E-state index contributed by atoms with van der Waals surface area (Å²) in [5, 5.41) is 4.64. The molecule has 2 bridgehead atoms. The van der Waals surface area contributed by atoms with Crippen molar-refractivity contribution in [2.45, 2.75) is 62.8 Å². The predicted octanol–water partition coefficient (Wildman–Crippen LogP) is 6.56. The Morgan fingerprint density at radius 2 is 2.06 bits per heavy atom. The number of hydrogen-bond acceptors (Lipinski definition) is 10. The Bertz CT molecular complexity index is 2010. The number of fused-ring (bicyclic) bond motifs is 3. The third-order valence-electron chi connectivity index (χ3n) is 9.74. The van der Waals surface area contributed by atoms with Crippen molar-refractivity contribution in [2.24, 2.45) is 0 Å². The minimum absolute atomic E-state index is 0.0609. The van der Waals surface area contributed by atoms with E-state index in [0.717, 1.165) is 31.5 Å². The molecule has 3 atom stereocenters. The second kappa shape index (κ2) is 12.9. The van der Waals surface area contributed by atoms with Crippen molar-refractivity contribution in [3.8, 4) is 17.3 Å². The second-order valence-electron chi connectivity index (χ2n) is 13.1. The van der Waals surface area contributed by atoms with Gasteiger partial charge in [-0.1, -0.05) is 11.6 Å². The number of ether oxygens (including phenoxy) is 1. The molecule has 0 spiro atoms. The first kappa shape index (κ1) is 34.3. The number of amides is 1. The molecule has 3 N–H and O–H groups in total. The van der Waals surface area contributed by atoms with E-state index < -0.39 is 46.1 Å². The molecule has 5 heterocycles. The molecule has 2 aliphatic heterocycles. The summed E-state index contributed by atoms with van der Waals surface area (Å²) in [7, 11) is 1.96. The molecule has 0 radical (unpaired) electrons. The SMILES string of the molecule is Cc1cc(N)nc(-c2c(Cl)cc3c(N4C[C@]5(NC(=O)/C(F)=C/c6nccs6)CC[C@H]4C5)nc(OCC4CCCN4C)nc3c2F)c1C(F)(F)F. The number of pyridine rings is 1. The van der Waals surface area contributed by atoms with Gasteiger partial charge in [0.2, 0.25) is 0 Å². The zero-order valence-electron chi connectivity index (χ0n) is 27.0. The highest BCUT2D eigenvalue weighted by molar-refractivity contribution is 7.10. The van der Waals surface area contributed by atoms with Crippen molar-refractivity contribution in [1.29, 1.82) is 0 Å². The molecule has 50 heavy (non-hydrogen) atoms. The van der Waals surface area contributed by atoms with Gasteiger partial charge in [0, 0.05) is 41.7 Å². The average molecular weight is 735 g/mol. The van der Waals surface area contributed by atoms with Crippen LogP contribution in [-0.2, 0) is 11.0 Å². The summed E-state index contributed by atoms with van der Waals surface area (Å²) in [6.45, 7) is 2.48. The molecular formula is C33H32ClF5N8O2S. The normalized spacial score (nSPS) is 22.6. The molecule has 1 unspecified atom stereocenters. The molecule has 3 fully saturated rings. The first-order valence-corrected chi connectivity index (χ1v) is 17.2. The molecule has 1 amide bonds. The number of nitrogens with two attached hydrogens (primary N) is 1. The fourth-order valence-corrected chi connectivity index (χ4v) is 8.24. The molecule has 17 heteroatoms. The summed E-state index contributed by atoms with van der Waals surface area (Å²) in [5.41, 5.74) is 1.90. The van der Waals surface area contributed by atoms with Crippen LogP contribution in [0.5, 0.6) is 6.01 Å². The van der Waals surface area contributed by atoms with Crippen LogP contribution in [-0.4, -0.2) is 75.1 Å². The summed E-state index contributed by atoms with van der Waals surface area (Å²) in [6, 6.07) is 2.07. The Kier molecular flexibility index (Phi) is 8.83. The molecule has 1 aromatic carbocycles. The summed E-state index contributed by atoms with van der Waals surface area (Å²) in [6.07, 6.45) is 1.14. The highest BCUT2D eigenvalue weighted by Gasteiger charge is 2.51. The van der Waals surface area contributed by atoms with Crippen molar-refractivity contribution in [3.05, 3.63) is 56.5 Å². The number of nitrogens with one attached hydrogen (secondary N) is 1. The van der Waals surface area contributed by atoms with E-state index in [4.69, 9.17) is 22.1 Å². The Balaban J connectivity index is 1.31. The van der Waals surface area contributed by atoms with Crippen molar-refractivity contribution >= 4 is 57.5 Å². The maximum absolute atomic E-state index is 16.8. The topological polar surface area (TPSA) is 122 Å². The minimum atomic E-state index is -4.90. The van der Waals surface area contributed by atoms with E-state index in [-0.39, 0.29) is 64.4 Å². The summed E-state index contributed by atoms with van der Waals surface area (Å²) < 4.78 is 80.6. The van der Waals surface area contributed by atoms with Gasteiger partial charge in [0.05, 0.1) is 27.4 Å². The first-order chi connectivity index (χ1) is 23.7. The molecule has 3 aliphatic rings. The standard InChI is InChI=1S/C33H32ClF5N8O2S/c1-16-10-22(40)42-28(25(16)33(37,38)39)24-20(34)11-19-27(26(24)36)43-31(49-14-18-4-3-8-46(18)2)44-29(19)47-15-32(6-5-17(47)13-32)45-30(48)21(35)12-23-41-7-9-50-23/h7,9-12,17-18H,3-6,8,13-15H2,1-2H3,(H2,40,42)(H,45,48)/b21-12-/t17-,18?,32-/m0/s1. The van der Waals surface area contributed by atoms with Crippen LogP contribution in [0.2, 0.25) is 5.02 Å². The molecule has 7 rings (SSSR count). The molecule has 10 nitrogen and oxygen atoms in total. The van der Waals surface area contributed by atoms with Gasteiger partial charge in [-0.25, -0.2) is 18.7 Å². The quantitative estimate of drug-likeness (QED) is 0.153. The Morgan fingerprint density at radius 1 is 1.26 bits per heavy atom. The highest BCUT2D eigenvalue weighted by atomic mass is 35.5. The fourth-order valence-electron chi connectivity index (χ4n) is 7.40. The van der Waals surface area contributed by atoms with Gasteiger partial charge < -0.3 is 25.6 Å². The van der Waals surface area contributed by atoms with Gasteiger partial charge in [0.1, 0.15) is 28.8 Å². The van der Waals surface area contributed by atoms with Crippen LogP contribution < -0.4 is 20.7 Å². The van der Waals surface area contributed by atoms with Crippen LogP contribution in [0, 0.1) is 12.7 Å². The minimum Gasteiger partial charge on any atom is -0.462 e. The van der Waals surface area contributed by atoms with Gasteiger partial charge in [0.15, 0.2) is 11.6 Å². The fraction of sp³-hybridized carbons (Fsp3) is 0.424. The number of halogens is 6. The number of nitrogens with zero attached hydrogens (tertiary/aromatic N) is 6. The number of piperidine rings is 1. The largest absolute Gasteiger partial charge is 0.462 e. The zero-order chi connectivity index (χ0) is 35.5. The molecule has 1 aliphatic carbocycles. The lowest BCUT2D eigenvalue weighted by Crippen LogP contribution is -2.51. The first-order valence-electron chi connectivity index (χ1n) is 16.0. The highest BCUT2D eigenvalue weighted by Crippen LogP contribution is 2.48. The number of nitrogen functional groups attached to an aromatic ring is 1. The number of alkyl halides is 3. The Hall–Kier alpha value is -4.15. The molecule has 3 aromatic heterocycles. The lowest BCUT2D eigenvalue weighted by Gasteiger charge is -2.34. The maximum atomic E-state index is 16.8. The van der Waals surface area contributed by atoms with E-state index >= 15 is 4.39 Å². The number of aryl methyl sites for hydroxylation is 1. The second-order valence-corrected chi connectivity index (χ2v) is 14.4. The number of benzene rings is 1. The smallest absolute Gasteiger partial charge is 0.418 e. The van der Waals surface area contributed by atoms with Gasteiger partial charge in [-0.05, 0) is 70.3 Å². The Morgan fingerprint density at radius 3 is 2.76 bits per heavy atom. The predicted molar refractivity (Wildman–Crippen MR) is 180 cm³/mol. The van der Waals surface area contributed by atoms with E-state index in [1.165, 1.54) is 30.5 Å². The van der Waals surface area contributed by atoms with Crippen LogP contribution in [0.3, 0.4) is 0 Å². The van der Waals surface area contributed by atoms with Gasteiger partial charge >= 0.3 is 12.2 Å². The van der Waals surface area contributed by atoms with Gasteiger partial charge in [-0.2, -0.15) is 23.1 Å². The number of anilines is 2. The van der Waals surface area contributed by atoms with Gasteiger partial charge in [-0.3, -0.25) is 4.79 Å². The Labute approximate surface area is 292 Å². The summed E-state index contributed by atoms with van der Waals surface area (Å²) >= 11 is 7.80.